The molecule has 3 rings (SSSR count). The molecular weight excluding hydrogens is 330 g/mol. The largest absolute Gasteiger partial charge is 0.486 e. The number of ether oxygens (including phenoxy) is 2. The molecule has 0 spiro atoms. The first-order chi connectivity index (χ1) is 12.7. The summed E-state index contributed by atoms with van der Waals surface area (Å²) in [6.45, 7) is 1.02. The second-order valence-electron chi connectivity index (χ2n) is 6.15. The number of nitrogens with zero attached hydrogens (tertiary/aromatic N) is 2. The number of benzene rings is 1. The van der Waals surface area contributed by atoms with Crippen molar-refractivity contribution >= 4 is 5.91 Å². The molecule has 0 saturated carbocycles. The van der Waals surface area contributed by atoms with E-state index < -0.39 is 0 Å². The lowest BCUT2D eigenvalue weighted by atomic mass is 10.1. The number of aromatic nitrogens is 1. The lowest BCUT2D eigenvalue weighted by molar-refractivity contribution is -0.123. The maximum Gasteiger partial charge on any atom is 0.220 e. The van der Waals surface area contributed by atoms with Gasteiger partial charge in [-0.2, -0.15) is 5.26 Å². The van der Waals surface area contributed by atoms with Crippen molar-refractivity contribution in [3.63, 3.8) is 0 Å². The quantitative estimate of drug-likeness (QED) is 0.863. The topological polar surface area (TPSA) is 84.2 Å². The van der Waals surface area contributed by atoms with Crippen molar-refractivity contribution in [2.24, 2.45) is 0 Å². The SMILES string of the molecule is N#Cc1ccc(O[C@@H]2COCC[C@H]2NC(=O)CCc2ccccn2)cc1. The second-order valence-corrected chi connectivity index (χ2v) is 6.15. The summed E-state index contributed by atoms with van der Waals surface area (Å²) in [5, 5.41) is 11.9. The van der Waals surface area contributed by atoms with E-state index in [9.17, 15) is 4.79 Å². The van der Waals surface area contributed by atoms with Gasteiger partial charge in [-0.1, -0.05) is 6.07 Å². The molecule has 0 unspecified atom stereocenters. The molecule has 2 atom stereocenters. The second kappa shape index (κ2) is 8.97. The van der Waals surface area contributed by atoms with Gasteiger partial charge in [-0.05, 0) is 49.2 Å². The van der Waals surface area contributed by atoms with E-state index in [0.717, 1.165) is 5.69 Å². The van der Waals surface area contributed by atoms with Crippen LogP contribution in [0, 0.1) is 11.3 Å². The van der Waals surface area contributed by atoms with Crippen LogP contribution in [0.25, 0.3) is 0 Å². The van der Waals surface area contributed by atoms with E-state index >= 15 is 0 Å². The van der Waals surface area contributed by atoms with Crippen LogP contribution in [0.1, 0.15) is 24.1 Å². The van der Waals surface area contributed by atoms with Crippen LogP contribution >= 0.6 is 0 Å². The van der Waals surface area contributed by atoms with Crippen molar-refractivity contribution in [2.45, 2.75) is 31.4 Å². The third-order valence-electron chi connectivity index (χ3n) is 4.26. The Kier molecular flexibility index (Phi) is 6.18. The van der Waals surface area contributed by atoms with Crippen molar-refractivity contribution in [2.75, 3.05) is 13.2 Å². The summed E-state index contributed by atoms with van der Waals surface area (Å²) >= 11 is 0. The molecular formula is C20H21N3O3. The first kappa shape index (κ1) is 17.9. The molecule has 1 amide bonds. The first-order valence-corrected chi connectivity index (χ1v) is 8.68. The van der Waals surface area contributed by atoms with Gasteiger partial charge in [0.25, 0.3) is 0 Å². The van der Waals surface area contributed by atoms with Crippen LogP contribution in [0.4, 0.5) is 0 Å². The average molecular weight is 351 g/mol. The van der Waals surface area contributed by atoms with Gasteiger partial charge in [0.15, 0.2) is 0 Å². The molecule has 0 aliphatic carbocycles. The molecule has 6 nitrogen and oxygen atoms in total. The van der Waals surface area contributed by atoms with E-state index in [-0.39, 0.29) is 18.1 Å². The normalized spacial score (nSPS) is 19.3. The van der Waals surface area contributed by atoms with Gasteiger partial charge < -0.3 is 14.8 Å². The molecule has 1 saturated heterocycles. The van der Waals surface area contributed by atoms with Crippen molar-refractivity contribution in [3.05, 3.63) is 59.9 Å². The third-order valence-corrected chi connectivity index (χ3v) is 4.26. The molecule has 0 radical (unpaired) electrons. The summed E-state index contributed by atoms with van der Waals surface area (Å²) in [7, 11) is 0. The molecule has 1 aromatic carbocycles. The number of pyridine rings is 1. The molecule has 1 aliphatic rings. The molecule has 1 fully saturated rings. The molecule has 2 heterocycles. The molecule has 0 bridgehead atoms. The molecule has 2 aromatic rings. The van der Waals surface area contributed by atoms with Crippen LogP contribution in [0.3, 0.4) is 0 Å². The van der Waals surface area contributed by atoms with Gasteiger partial charge in [0, 0.05) is 24.9 Å². The Bertz CT molecular complexity index is 756. The molecule has 6 heteroatoms. The smallest absolute Gasteiger partial charge is 0.220 e. The van der Waals surface area contributed by atoms with E-state index in [4.69, 9.17) is 14.7 Å². The summed E-state index contributed by atoms with van der Waals surface area (Å²) in [6, 6.07) is 14.6. The summed E-state index contributed by atoms with van der Waals surface area (Å²) in [5.74, 6) is 0.642. The number of hydrogen-bond donors (Lipinski definition) is 1. The van der Waals surface area contributed by atoms with Crippen LogP contribution in [-0.4, -0.2) is 36.3 Å². The summed E-state index contributed by atoms with van der Waals surface area (Å²) in [5.41, 5.74) is 1.48. The third kappa shape index (κ3) is 5.04. The Morgan fingerprint density at radius 3 is 2.88 bits per heavy atom. The molecule has 1 aromatic heterocycles. The number of rotatable bonds is 6. The number of carbonyl (C=O) groups is 1. The Morgan fingerprint density at radius 2 is 2.15 bits per heavy atom. The zero-order chi connectivity index (χ0) is 18.2. The molecule has 134 valence electrons. The molecule has 1 N–H and O–H groups in total. The van der Waals surface area contributed by atoms with E-state index in [2.05, 4.69) is 16.4 Å². The van der Waals surface area contributed by atoms with Crippen molar-refractivity contribution < 1.29 is 14.3 Å². The minimum Gasteiger partial charge on any atom is -0.486 e. The standard InChI is InChI=1S/C20H21N3O3/c21-13-15-4-7-17(8-5-15)26-19-14-25-12-10-18(19)23-20(24)9-6-16-3-1-2-11-22-16/h1-5,7-8,11,18-19H,6,9-10,12,14H2,(H,23,24)/t18-,19-/m1/s1. The predicted octanol–water partition coefficient (Wildman–Crippen LogP) is 2.24. The molecule has 26 heavy (non-hydrogen) atoms. The van der Waals surface area contributed by atoms with E-state index in [1.54, 1.807) is 30.5 Å². The Morgan fingerprint density at radius 1 is 1.31 bits per heavy atom. The monoisotopic (exact) mass is 351 g/mol. The zero-order valence-corrected chi connectivity index (χ0v) is 14.4. The van der Waals surface area contributed by atoms with Gasteiger partial charge in [-0.3, -0.25) is 9.78 Å². The fraction of sp³-hybridized carbons (Fsp3) is 0.350. The van der Waals surface area contributed by atoms with Crippen LogP contribution < -0.4 is 10.1 Å². The predicted molar refractivity (Wildman–Crippen MR) is 95.5 cm³/mol. The number of aryl methyl sites for hydroxylation is 1. The van der Waals surface area contributed by atoms with Crippen molar-refractivity contribution in [3.8, 4) is 11.8 Å². The van der Waals surface area contributed by atoms with Gasteiger partial charge in [-0.25, -0.2) is 0 Å². The van der Waals surface area contributed by atoms with Crippen molar-refractivity contribution in [1.29, 1.82) is 5.26 Å². The lowest BCUT2D eigenvalue weighted by Gasteiger charge is -2.32. The van der Waals surface area contributed by atoms with Gasteiger partial charge >= 0.3 is 0 Å². The molecule has 1 aliphatic heterocycles. The first-order valence-electron chi connectivity index (χ1n) is 8.68. The Balaban J connectivity index is 1.54. The fourth-order valence-electron chi connectivity index (χ4n) is 2.84. The summed E-state index contributed by atoms with van der Waals surface area (Å²) in [6.07, 6.45) is 3.17. The number of hydrogen-bond acceptors (Lipinski definition) is 5. The van der Waals surface area contributed by atoms with Gasteiger partial charge in [0.1, 0.15) is 11.9 Å². The lowest BCUT2D eigenvalue weighted by Crippen LogP contribution is -2.51. The maximum absolute atomic E-state index is 12.3. The van der Waals surface area contributed by atoms with E-state index in [1.165, 1.54) is 0 Å². The highest BCUT2D eigenvalue weighted by molar-refractivity contribution is 5.76. The van der Waals surface area contributed by atoms with E-state index in [1.807, 2.05) is 18.2 Å². The highest BCUT2D eigenvalue weighted by Gasteiger charge is 2.28. The van der Waals surface area contributed by atoms with Gasteiger partial charge in [-0.15, -0.1) is 0 Å². The summed E-state index contributed by atoms with van der Waals surface area (Å²) in [4.78, 5) is 16.5. The summed E-state index contributed by atoms with van der Waals surface area (Å²) < 4.78 is 11.5. The van der Waals surface area contributed by atoms with Crippen LogP contribution in [0.15, 0.2) is 48.7 Å². The number of nitrogens with one attached hydrogen (secondary N) is 1. The average Bonchev–Trinajstić information content (AvgIpc) is 2.69. The number of amides is 1. The van der Waals surface area contributed by atoms with Gasteiger partial charge in [0.2, 0.25) is 5.91 Å². The van der Waals surface area contributed by atoms with E-state index in [0.29, 0.717) is 43.8 Å². The van der Waals surface area contributed by atoms with Crippen LogP contribution in [-0.2, 0) is 16.0 Å². The highest BCUT2D eigenvalue weighted by Crippen LogP contribution is 2.18. The zero-order valence-electron chi connectivity index (χ0n) is 14.4. The maximum atomic E-state index is 12.3. The van der Waals surface area contributed by atoms with Crippen LogP contribution in [0.5, 0.6) is 5.75 Å². The van der Waals surface area contributed by atoms with Crippen LogP contribution in [0.2, 0.25) is 0 Å². The minimum atomic E-state index is -0.254. The highest BCUT2D eigenvalue weighted by atomic mass is 16.5. The van der Waals surface area contributed by atoms with Gasteiger partial charge in [0.05, 0.1) is 24.3 Å². The Labute approximate surface area is 152 Å². The van der Waals surface area contributed by atoms with Crippen molar-refractivity contribution in [1.82, 2.24) is 10.3 Å². The fourth-order valence-corrected chi connectivity index (χ4v) is 2.84. The number of nitriles is 1. The minimum absolute atomic E-state index is 0.0176. The number of carbonyl (C=O) groups excluding carboxylic acids is 1. The Hall–Kier alpha value is -2.91.